The molecule has 0 amide bonds. The Bertz CT molecular complexity index is 1600. The van der Waals surface area contributed by atoms with Crippen molar-refractivity contribution in [1.82, 2.24) is 0 Å². The number of carboxylic acids is 1. The lowest BCUT2D eigenvalue weighted by molar-refractivity contribution is -0.139. The second-order valence-electron chi connectivity index (χ2n) is 9.71. The summed E-state index contributed by atoms with van der Waals surface area (Å²) in [5, 5.41) is 10.3. The van der Waals surface area contributed by atoms with Crippen LogP contribution in [0.25, 0.3) is 27.8 Å². The lowest BCUT2D eigenvalue weighted by Gasteiger charge is -2.13. The molecule has 210 valence electrons. The number of hydrogen-bond acceptors (Lipinski definition) is 3. The molecular formula is C36H28Cl2O4. The largest absolute Gasteiger partial charge is 0.489 e. The topological polar surface area (TPSA) is 55.8 Å². The van der Waals surface area contributed by atoms with Gasteiger partial charge in [-0.25, -0.2) is 4.79 Å². The van der Waals surface area contributed by atoms with Crippen LogP contribution in [0.1, 0.15) is 16.7 Å². The Morgan fingerprint density at radius 2 is 1.12 bits per heavy atom. The molecule has 5 rings (SSSR count). The summed E-state index contributed by atoms with van der Waals surface area (Å²) in [6.07, 6.45) is 2.07. The zero-order valence-corrected chi connectivity index (χ0v) is 24.4. The Balaban J connectivity index is 1.40. The number of benzene rings is 5. The lowest BCUT2D eigenvalue weighted by Crippen LogP contribution is -2.10. The van der Waals surface area contributed by atoms with Gasteiger partial charge < -0.3 is 14.6 Å². The van der Waals surface area contributed by atoms with Gasteiger partial charge in [0.2, 0.25) is 0 Å². The highest BCUT2D eigenvalue weighted by atomic mass is 35.5. The van der Waals surface area contributed by atoms with Crippen molar-refractivity contribution in [3.63, 3.8) is 0 Å². The number of halogens is 2. The molecule has 5 aromatic rings. The van der Waals surface area contributed by atoms with Crippen molar-refractivity contribution in [3.8, 4) is 33.8 Å². The number of carbonyl (C=O) groups is 1. The highest BCUT2D eigenvalue weighted by molar-refractivity contribution is 6.30. The smallest absolute Gasteiger partial charge is 0.341 e. The Labute approximate surface area is 255 Å². The average molecular weight is 596 g/mol. The summed E-state index contributed by atoms with van der Waals surface area (Å²) < 4.78 is 11.4. The summed E-state index contributed by atoms with van der Waals surface area (Å²) in [5.41, 5.74) is 8.35. The van der Waals surface area contributed by atoms with Gasteiger partial charge in [0.05, 0.1) is 0 Å². The van der Waals surface area contributed by atoms with Crippen LogP contribution < -0.4 is 9.47 Å². The first-order chi connectivity index (χ1) is 20.4. The second-order valence-corrected chi connectivity index (χ2v) is 10.6. The molecule has 0 spiro atoms. The fourth-order valence-corrected chi connectivity index (χ4v) is 4.86. The minimum atomic E-state index is -1.02. The maximum atomic E-state index is 10.8. The van der Waals surface area contributed by atoms with Crippen LogP contribution in [0.4, 0.5) is 0 Å². The van der Waals surface area contributed by atoms with Gasteiger partial charge in [-0.2, -0.15) is 0 Å². The molecule has 0 aliphatic heterocycles. The highest BCUT2D eigenvalue weighted by Crippen LogP contribution is 2.30. The van der Waals surface area contributed by atoms with E-state index in [1.807, 2.05) is 61.5 Å². The monoisotopic (exact) mass is 594 g/mol. The van der Waals surface area contributed by atoms with Gasteiger partial charge in [0.1, 0.15) is 18.1 Å². The summed E-state index contributed by atoms with van der Waals surface area (Å²) in [6.45, 7) is 1.80. The molecule has 0 aliphatic carbocycles. The number of rotatable bonds is 10. The molecule has 6 heteroatoms. The molecule has 0 aliphatic rings. The van der Waals surface area contributed by atoms with Crippen molar-refractivity contribution in [2.24, 2.45) is 0 Å². The summed E-state index contributed by atoms with van der Waals surface area (Å²) in [6, 6.07) is 37.8. The highest BCUT2D eigenvalue weighted by Gasteiger charge is 2.09. The molecule has 0 fully saturated rings. The van der Waals surface area contributed by atoms with Crippen molar-refractivity contribution in [2.75, 3.05) is 13.2 Å². The number of aryl methyl sites for hydroxylation is 1. The molecule has 0 aromatic heterocycles. The molecule has 4 nitrogen and oxygen atoms in total. The third-order valence-corrected chi connectivity index (χ3v) is 7.29. The molecule has 5 aromatic carbocycles. The predicted molar refractivity (Wildman–Crippen MR) is 171 cm³/mol. The average Bonchev–Trinajstić information content (AvgIpc) is 3.00. The van der Waals surface area contributed by atoms with Crippen LogP contribution in [0, 0.1) is 6.92 Å². The van der Waals surface area contributed by atoms with E-state index >= 15 is 0 Å². The van der Waals surface area contributed by atoms with Crippen LogP contribution in [0.5, 0.6) is 11.5 Å². The molecule has 0 radical (unpaired) electrons. The van der Waals surface area contributed by atoms with Gasteiger partial charge in [0.25, 0.3) is 0 Å². The van der Waals surface area contributed by atoms with Crippen LogP contribution in [0.2, 0.25) is 10.0 Å². The fraction of sp³-hybridized carbons (Fsp3) is 0.0833. The van der Waals surface area contributed by atoms with Gasteiger partial charge in [0, 0.05) is 10.0 Å². The van der Waals surface area contributed by atoms with Crippen molar-refractivity contribution in [1.29, 1.82) is 0 Å². The molecule has 0 bridgehead atoms. The van der Waals surface area contributed by atoms with Crippen LogP contribution >= 0.6 is 23.2 Å². The van der Waals surface area contributed by atoms with Gasteiger partial charge >= 0.3 is 5.97 Å². The lowest BCUT2D eigenvalue weighted by atomic mass is 9.94. The van der Waals surface area contributed by atoms with Crippen LogP contribution in [-0.2, 0) is 4.79 Å². The van der Waals surface area contributed by atoms with Gasteiger partial charge in [-0.05, 0) is 100.0 Å². The fourth-order valence-electron chi connectivity index (χ4n) is 4.61. The van der Waals surface area contributed by atoms with E-state index < -0.39 is 5.97 Å². The third-order valence-electron chi connectivity index (χ3n) is 6.78. The normalized spacial score (nSPS) is 10.6. The molecule has 1 N–H and O–H groups in total. The van der Waals surface area contributed by atoms with E-state index in [9.17, 15) is 4.79 Å². The Hall–Kier alpha value is -4.51. The summed E-state index contributed by atoms with van der Waals surface area (Å²) >= 11 is 12.1. The summed E-state index contributed by atoms with van der Waals surface area (Å²) in [4.78, 5) is 10.8. The van der Waals surface area contributed by atoms with E-state index in [0.717, 1.165) is 44.5 Å². The minimum Gasteiger partial charge on any atom is -0.489 e. The number of carboxylic acid groups (broad SMARTS) is 1. The van der Waals surface area contributed by atoms with Crippen LogP contribution in [-0.4, -0.2) is 24.3 Å². The van der Waals surface area contributed by atoms with Crippen LogP contribution in [0.3, 0.4) is 0 Å². The zero-order chi connectivity index (χ0) is 29.5. The van der Waals surface area contributed by atoms with Gasteiger partial charge in [-0.15, -0.1) is 0 Å². The number of hydrogen-bond donors (Lipinski definition) is 1. The molecule has 0 heterocycles. The number of aliphatic carboxylic acids is 1. The SMILES string of the molecule is Cc1cc(OCC=C(c2ccc(-c3ccc(Cl)cc3)cc2)c2ccc(-c3ccc(Cl)cc3)cc2)ccc1OCC(=O)O. The maximum absolute atomic E-state index is 10.8. The standard InChI is InChI=1S/C36H28Cl2O4/c1-24-22-33(18-19-35(24)42-23-36(39)40)41-21-20-34(29-6-2-25(3-7-29)27-10-14-31(37)15-11-27)30-8-4-26(5-9-30)28-12-16-32(38)17-13-28/h2-20,22H,21,23H2,1H3,(H,39,40). The molecule has 0 saturated carbocycles. The first kappa shape index (κ1) is 29.0. The van der Waals surface area contributed by atoms with Crippen molar-refractivity contribution < 1.29 is 19.4 Å². The van der Waals surface area contributed by atoms with Gasteiger partial charge in [0.15, 0.2) is 6.61 Å². The predicted octanol–water partition coefficient (Wildman–Crippen LogP) is 9.61. The molecule has 0 unspecified atom stereocenters. The van der Waals surface area contributed by atoms with Crippen molar-refractivity contribution in [3.05, 3.63) is 148 Å². The second kappa shape index (κ2) is 13.4. The van der Waals surface area contributed by atoms with E-state index in [-0.39, 0.29) is 6.61 Å². The van der Waals surface area contributed by atoms with E-state index in [1.165, 1.54) is 0 Å². The number of ether oxygens (including phenoxy) is 2. The maximum Gasteiger partial charge on any atom is 0.341 e. The van der Waals surface area contributed by atoms with E-state index in [2.05, 4.69) is 54.6 Å². The van der Waals surface area contributed by atoms with Crippen molar-refractivity contribution in [2.45, 2.75) is 6.92 Å². The Kier molecular flexibility index (Phi) is 9.28. The molecular weight excluding hydrogens is 567 g/mol. The van der Waals surface area contributed by atoms with Crippen molar-refractivity contribution >= 4 is 34.7 Å². The Morgan fingerprint density at radius 1 is 0.667 bits per heavy atom. The van der Waals surface area contributed by atoms with Crippen LogP contribution in [0.15, 0.2) is 121 Å². The molecule has 0 atom stereocenters. The Morgan fingerprint density at radius 3 is 1.55 bits per heavy atom. The molecule has 42 heavy (non-hydrogen) atoms. The minimum absolute atomic E-state index is 0.335. The molecule has 0 saturated heterocycles. The van der Waals surface area contributed by atoms with Gasteiger partial charge in [-0.3, -0.25) is 0 Å². The third kappa shape index (κ3) is 7.41. The van der Waals surface area contributed by atoms with Gasteiger partial charge in [-0.1, -0.05) is 96.0 Å². The van der Waals surface area contributed by atoms with E-state index in [4.69, 9.17) is 37.8 Å². The van der Waals surface area contributed by atoms with E-state index in [1.54, 1.807) is 12.1 Å². The summed E-state index contributed by atoms with van der Waals surface area (Å²) in [5.74, 6) is 0.166. The quantitative estimate of drug-likeness (QED) is 0.175. The first-order valence-electron chi connectivity index (χ1n) is 13.4. The van der Waals surface area contributed by atoms with E-state index in [0.29, 0.717) is 28.2 Å². The first-order valence-corrected chi connectivity index (χ1v) is 14.1. The zero-order valence-electron chi connectivity index (χ0n) is 22.9. The summed E-state index contributed by atoms with van der Waals surface area (Å²) in [7, 11) is 0.